The first-order valence-electron chi connectivity index (χ1n) is 7.71. The van der Waals surface area contributed by atoms with Gasteiger partial charge in [-0.25, -0.2) is 9.59 Å². The number of ether oxygens (including phenoxy) is 1. The van der Waals surface area contributed by atoms with E-state index >= 15 is 0 Å². The maximum Gasteiger partial charge on any atom is 0.334 e. The molecule has 1 aromatic carbocycles. The summed E-state index contributed by atoms with van der Waals surface area (Å²) in [5, 5.41) is 31.3. The molecule has 0 aromatic heterocycles. The van der Waals surface area contributed by atoms with E-state index in [1.807, 2.05) is 5.48 Å². The van der Waals surface area contributed by atoms with Gasteiger partial charge in [0.25, 0.3) is 0 Å². The van der Waals surface area contributed by atoms with Crippen molar-refractivity contribution in [2.24, 2.45) is 0 Å². The monoisotopic (exact) mass is 382 g/mol. The van der Waals surface area contributed by atoms with Gasteiger partial charge < -0.3 is 25.5 Å². The number of dihydropyridines is 1. The number of benzene rings is 1. The Kier molecular flexibility index (Phi) is 6.38. The van der Waals surface area contributed by atoms with Gasteiger partial charge in [0.05, 0.1) is 29.4 Å². The van der Waals surface area contributed by atoms with Gasteiger partial charge in [-0.2, -0.15) is 5.48 Å². The number of carbonyl (C=O) groups is 2. The van der Waals surface area contributed by atoms with Crippen molar-refractivity contribution >= 4 is 23.5 Å². The van der Waals surface area contributed by atoms with Crippen LogP contribution in [0.15, 0.2) is 46.8 Å². The second-order valence-corrected chi connectivity index (χ2v) is 6.11. The molecule has 1 heterocycles. The minimum absolute atomic E-state index is 0.104. The summed E-state index contributed by atoms with van der Waals surface area (Å²) < 4.78 is 5.32. The average Bonchev–Trinajstić information content (AvgIpc) is 2.58. The van der Waals surface area contributed by atoms with E-state index in [0.29, 0.717) is 5.56 Å². The topological polar surface area (TPSA) is 128 Å². The van der Waals surface area contributed by atoms with Gasteiger partial charge in [-0.1, -0.05) is 29.8 Å². The number of hydroxylamine groups is 1. The van der Waals surface area contributed by atoms with Crippen LogP contribution in [0.1, 0.15) is 25.3 Å². The van der Waals surface area contributed by atoms with Crippen molar-refractivity contribution in [3.05, 3.63) is 57.4 Å². The second kappa shape index (κ2) is 8.33. The van der Waals surface area contributed by atoms with E-state index in [4.69, 9.17) is 21.5 Å². The van der Waals surface area contributed by atoms with Crippen molar-refractivity contribution in [1.29, 1.82) is 0 Å². The normalized spacial score (nSPS) is 18.5. The zero-order valence-electron chi connectivity index (χ0n) is 14.1. The third-order valence-electron chi connectivity index (χ3n) is 3.98. The lowest BCUT2D eigenvalue weighted by Gasteiger charge is -2.30. The maximum absolute atomic E-state index is 12.0. The van der Waals surface area contributed by atoms with Gasteiger partial charge in [-0.05, 0) is 25.5 Å². The molecule has 8 nitrogen and oxygen atoms in total. The Morgan fingerprint density at radius 2 is 1.88 bits per heavy atom. The molecule has 1 aromatic rings. The molecule has 0 radical (unpaired) electrons. The summed E-state index contributed by atoms with van der Waals surface area (Å²) in [7, 11) is 0. The highest BCUT2D eigenvalue weighted by atomic mass is 35.5. The van der Waals surface area contributed by atoms with E-state index in [-0.39, 0.29) is 34.2 Å². The molecule has 140 valence electrons. The minimum Gasteiger partial charge on any atom is -0.478 e. The lowest BCUT2D eigenvalue weighted by molar-refractivity contribution is -0.133. The third-order valence-corrected chi connectivity index (χ3v) is 4.33. The molecule has 0 fully saturated rings. The highest BCUT2D eigenvalue weighted by Gasteiger charge is 2.38. The Morgan fingerprint density at radius 1 is 1.27 bits per heavy atom. The van der Waals surface area contributed by atoms with Crippen LogP contribution in [-0.4, -0.2) is 40.2 Å². The number of halogens is 1. The fourth-order valence-electron chi connectivity index (χ4n) is 2.81. The molecule has 2 unspecified atom stereocenters. The smallest absolute Gasteiger partial charge is 0.334 e. The first kappa shape index (κ1) is 19.9. The lowest BCUT2D eigenvalue weighted by Crippen LogP contribution is -2.35. The van der Waals surface area contributed by atoms with Crippen molar-refractivity contribution in [2.75, 3.05) is 6.61 Å². The van der Waals surface area contributed by atoms with E-state index in [1.165, 1.54) is 6.92 Å². The summed E-state index contributed by atoms with van der Waals surface area (Å²) in [6.45, 7) is 2.89. The Hall–Kier alpha value is -2.39. The van der Waals surface area contributed by atoms with Crippen LogP contribution in [0.5, 0.6) is 0 Å². The number of hydrogen-bond acceptors (Lipinski definition) is 6. The predicted molar refractivity (Wildman–Crippen MR) is 92.7 cm³/mol. The standard InChI is InChI=1S/C17H19ClN2O6/c1-8-13(16(21)22)14(10-5-3-4-6-11(10)18)15(17(23)24)12(19-8)7-26-9(2)20-25/h3-6,9,14,19-20,25H,7H2,1-2H3,(H,21,22)(H,23,24). The second-order valence-electron chi connectivity index (χ2n) is 5.70. The predicted octanol–water partition coefficient (Wildman–Crippen LogP) is 2.07. The maximum atomic E-state index is 12.0. The summed E-state index contributed by atoms with van der Waals surface area (Å²) in [5.74, 6) is -3.61. The summed E-state index contributed by atoms with van der Waals surface area (Å²) in [6.07, 6.45) is -0.747. The number of rotatable bonds is 7. The highest BCUT2D eigenvalue weighted by Crippen LogP contribution is 2.41. The summed E-state index contributed by atoms with van der Waals surface area (Å²) in [4.78, 5) is 23.8. The molecule has 0 aliphatic carbocycles. The fourth-order valence-corrected chi connectivity index (χ4v) is 3.06. The Labute approximate surface area is 154 Å². The van der Waals surface area contributed by atoms with Crippen LogP contribution in [0.4, 0.5) is 0 Å². The zero-order valence-corrected chi connectivity index (χ0v) is 14.9. The van der Waals surface area contributed by atoms with Crippen molar-refractivity contribution in [2.45, 2.75) is 26.0 Å². The number of nitrogens with one attached hydrogen (secondary N) is 2. The molecular weight excluding hydrogens is 364 g/mol. The fraction of sp³-hybridized carbons (Fsp3) is 0.294. The van der Waals surface area contributed by atoms with E-state index in [9.17, 15) is 19.8 Å². The van der Waals surface area contributed by atoms with E-state index in [2.05, 4.69) is 5.32 Å². The van der Waals surface area contributed by atoms with Gasteiger partial charge in [0.2, 0.25) is 0 Å². The Morgan fingerprint density at radius 3 is 2.42 bits per heavy atom. The molecule has 1 aliphatic rings. The number of carboxylic acid groups (broad SMARTS) is 2. The number of allylic oxidation sites excluding steroid dienone is 1. The van der Waals surface area contributed by atoms with Gasteiger partial charge in [-0.3, -0.25) is 0 Å². The summed E-state index contributed by atoms with van der Waals surface area (Å²) in [6, 6.07) is 6.49. The quantitative estimate of drug-likeness (QED) is 0.358. The first-order chi connectivity index (χ1) is 12.3. The molecule has 5 N–H and O–H groups in total. The van der Waals surface area contributed by atoms with Crippen LogP contribution in [0.2, 0.25) is 5.02 Å². The van der Waals surface area contributed by atoms with E-state index in [0.717, 1.165) is 0 Å². The zero-order chi connectivity index (χ0) is 19.4. The molecule has 0 spiro atoms. The van der Waals surface area contributed by atoms with Gasteiger partial charge in [0.1, 0.15) is 6.23 Å². The van der Waals surface area contributed by atoms with Crippen molar-refractivity contribution in [1.82, 2.24) is 10.8 Å². The van der Waals surface area contributed by atoms with Crippen molar-refractivity contribution < 1.29 is 29.7 Å². The van der Waals surface area contributed by atoms with Crippen molar-refractivity contribution in [3.8, 4) is 0 Å². The van der Waals surface area contributed by atoms with Gasteiger partial charge in [0.15, 0.2) is 0 Å². The van der Waals surface area contributed by atoms with Crippen LogP contribution >= 0.6 is 11.6 Å². The molecule has 9 heteroatoms. The van der Waals surface area contributed by atoms with Crippen LogP contribution in [-0.2, 0) is 14.3 Å². The average molecular weight is 383 g/mol. The molecule has 0 amide bonds. The third kappa shape index (κ3) is 4.05. The molecule has 1 aliphatic heterocycles. The molecular formula is C17H19ClN2O6. The number of carboxylic acids is 2. The Bertz CT molecular complexity index is 789. The van der Waals surface area contributed by atoms with Crippen LogP contribution in [0.25, 0.3) is 0 Å². The van der Waals surface area contributed by atoms with Crippen LogP contribution in [0, 0.1) is 0 Å². The lowest BCUT2D eigenvalue weighted by atomic mass is 9.80. The largest absolute Gasteiger partial charge is 0.478 e. The highest BCUT2D eigenvalue weighted by molar-refractivity contribution is 6.31. The Balaban J connectivity index is 2.62. The summed E-state index contributed by atoms with van der Waals surface area (Å²) in [5.41, 5.74) is 2.46. The van der Waals surface area contributed by atoms with E-state index < -0.39 is 24.1 Å². The van der Waals surface area contributed by atoms with Gasteiger partial charge in [0, 0.05) is 10.7 Å². The number of hydrogen-bond donors (Lipinski definition) is 5. The SMILES string of the molecule is CC1=C(C(=O)O)C(c2ccccc2Cl)C(C(=O)O)=C(COC(C)NO)N1. The molecule has 2 atom stereocenters. The number of aliphatic carboxylic acids is 2. The van der Waals surface area contributed by atoms with Gasteiger partial charge in [-0.15, -0.1) is 0 Å². The molecule has 0 saturated carbocycles. The van der Waals surface area contributed by atoms with Crippen LogP contribution in [0.3, 0.4) is 0 Å². The first-order valence-corrected chi connectivity index (χ1v) is 8.08. The minimum atomic E-state index is -1.29. The molecule has 0 saturated heterocycles. The molecule has 2 rings (SSSR count). The molecule has 0 bridgehead atoms. The molecule has 26 heavy (non-hydrogen) atoms. The van der Waals surface area contributed by atoms with Gasteiger partial charge >= 0.3 is 11.9 Å². The van der Waals surface area contributed by atoms with Crippen LogP contribution < -0.4 is 10.8 Å². The van der Waals surface area contributed by atoms with E-state index in [1.54, 1.807) is 31.2 Å². The van der Waals surface area contributed by atoms with Crippen molar-refractivity contribution in [3.63, 3.8) is 0 Å². The summed E-state index contributed by atoms with van der Waals surface area (Å²) >= 11 is 6.22.